The maximum Gasteiger partial charge on any atom is 0.295 e. The van der Waals surface area contributed by atoms with Gasteiger partial charge in [-0.15, -0.1) is 0 Å². The third-order valence-electron chi connectivity index (χ3n) is 6.24. The Balaban J connectivity index is 1.71. The van der Waals surface area contributed by atoms with Gasteiger partial charge in [0.15, 0.2) is 0 Å². The van der Waals surface area contributed by atoms with Gasteiger partial charge >= 0.3 is 0 Å². The molecule has 0 radical (unpaired) electrons. The second kappa shape index (κ2) is 10.3. The van der Waals surface area contributed by atoms with Crippen LogP contribution in [0.5, 0.6) is 0 Å². The number of ether oxygens (including phenoxy) is 1. The fourth-order valence-electron chi connectivity index (χ4n) is 4.31. The number of aliphatic hydroxyl groups excluding tert-OH is 1. The lowest BCUT2D eigenvalue weighted by molar-refractivity contribution is -0.857. The lowest BCUT2D eigenvalue weighted by Crippen LogP contribution is -3.06. The maximum absolute atomic E-state index is 13.1. The molecule has 2 aromatic rings. The number of quaternary nitrogens is 1. The van der Waals surface area contributed by atoms with E-state index in [0.717, 1.165) is 4.90 Å². The van der Waals surface area contributed by atoms with E-state index >= 15 is 0 Å². The maximum atomic E-state index is 13.1. The molecule has 1 atom stereocenters. The van der Waals surface area contributed by atoms with Crippen LogP contribution in [0.1, 0.15) is 17.2 Å². The largest absolute Gasteiger partial charge is 0.507 e. The van der Waals surface area contributed by atoms with Crippen molar-refractivity contribution in [1.82, 2.24) is 9.21 Å². The zero-order valence-electron chi connectivity index (χ0n) is 19.8. The lowest BCUT2D eigenvalue weighted by Gasteiger charge is -2.26. The van der Waals surface area contributed by atoms with Gasteiger partial charge in [-0.2, -0.15) is 4.31 Å². The van der Waals surface area contributed by atoms with E-state index in [0.29, 0.717) is 31.9 Å². The third-order valence-corrected chi connectivity index (χ3v) is 8.16. The van der Waals surface area contributed by atoms with Crippen LogP contribution >= 0.6 is 0 Å². The number of Topliss-reactive ketones (excluding diaryl/α,β-unsaturated/α-hetero) is 1. The first-order valence-electron chi connectivity index (χ1n) is 11.5. The molecule has 186 valence electrons. The number of amides is 1. The molecule has 2 heterocycles. The molecule has 35 heavy (non-hydrogen) atoms. The lowest BCUT2D eigenvalue weighted by atomic mass is 9.95. The van der Waals surface area contributed by atoms with E-state index in [1.54, 1.807) is 0 Å². The summed E-state index contributed by atoms with van der Waals surface area (Å²) >= 11 is 0. The third kappa shape index (κ3) is 5.01. The number of carbonyl (C=O) groups excluding carboxylic acids is 2. The fraction of sp³-hybridized carbons (Fsp3) is 0.360. The Labute approximate surface area is 205 Å². The van der Waals surface area contributed by atoms with E-state index < -0.39 is 27.8 Å². The molecule has 2 saturated heterocycles. The Morgan fingerprint density at radius 2 is 1.66 bits per heavy atom. The van der Waals surface area contributed by atoms with E-state index in [2.05, 4.69) is 0 Å². The van der Waals surface area contributed by atoms with Crippen LogP contribution in [0.15, 0.2) is 65.1 Å². The molecule has 0 saturated carbocycles. The smallest absolute Gasteiger partial charge is 0.295 e. The van der Waals surface area contributed by atoms with Crippen molar-refractivity contribution < 1.29 is 32.8 Å². The molecular formula is C25H30N3O6S+. The molecule has 2 N–H and O–H groups in total. The molecule has 0 bridgehead atoms. The predicted molar refractivity (Wildman–Crippen MR) is 129 cm³/mol. The van der Waals surface area contributed by atoms with Crippen molar-refractivity contribution in [3.63, 3.8) is 0 Å². The number of likely N-dealkylation sites (tertiary alicyclic amines) is 1. The van der Waals surface area contributed by atoms with Crippen molar-refractivity contribution >= 4 is 27.5 Å². The Hall–Kier alpha value is -3.05. The first-order chi connectivity index (χ1) is 16.7. The number of aliphatic hydroxyl groups is 1. The monoisotopic (exact) mass is 500 g/mol. The quantitative estimate of drug-likeness (QED) is 0.321. The Morgan fingerprint density at radius 3 is 2.26 bits per heavy atom. The van der Waals surface area contributed by atoms with Crippen LogP contribution in [-0.2, 0) is 24.3 Å². The van der Waals surface area contributed by atoms with Gasteiger partial charge in [0, 0.05) is 18.7 Å². The highest BCUT2D eigenvalue weighted by molar-refractivity contribution is 7.89. The number of likely N-dealkylation sites (N-methyl/N-ethyl adjacent to an activating group) is 1. The number of nitrogens with zero attached hydrogens (tertiary/aromatic N) is 2. The van der Waals surface area contributed by atoms with Gasteiger partial charge in [0.05, 0.1) is 56.9 Å². The van der Waals surface area contributed by atoms with Crippen LogP contribution in [0.3, 0.4) is 0 Å². The van der Waals surface area contributed by atoms with Crippen molar-refractivity contribution in [2.45, 2.75) is 10.9 Å². The molecule has 1 unspecified atom stereocenters. The molecule has 0 aromatic heterocycles. The van der Waals surface area contributed by atoms with Gasteiger partial charge in [-0.1, -0.05) is 30.3 Å². The summed E-state index contributed by atoms with van der Waals surface area (Å²) in [5, 5.41) is 11.2. The highest BCUT2D eigenvalue weighted by Gasteiger charge is 2.46. The zero-order chi connectivity index (χ0) is 25.2. The van der Waals surface area contributed by atoms with E-state index in [1.807, 2.05) is 44.4 Å². The normalized spacial score (nSPS) is 21.1. The number of morpholine rings is 1. The van der Waals surface area contributed by atoms with Crippen molar-refractivity contribution in [3.05, 3.63) is 71.3 Å². The number of ketones is 1. The Kier molecular flexibility index (Phi) is 7.36. The minimum absolute atomic E-state index is 0.00116. The highest BCUT2D eigenvalue weighted by Crippen LogP contribution is 2.39. The molecular weight excluding hydrogens is 470 g/mol. The summed E-state index contributed by atoms with van der Waals surface area (Å²) in [6.07, 6.45) is 0. The molecule has 9 nitrogen and oxygen atoms in total. The first kappa shape index (κ1) is 25.1. The number of sulfonamides is 1. The summed E-state index contributed by atoms with van der Waals surface area (Å²) in [6, 6.07) is 14.1. The van der Waals surface area contributed by atoms with Crippen LogP contribution in [0.4, 0.5) is 0 Å². The highest BCUT2D eigenvalue weighted by atomic mass is 32.2. The second-order valence-corrected chi connectivity index (χ2v) is 10.8. The summed E-state index contributed by atoms with van der Waals surface area (Å²) in [4.78, 5) is 28.7. The van der Waals surface area contributed by atoms with Crippen LogP contribution < -0.4 is 4.90 Å². The standard InChI is InChI=1S/C25H29N3O6S/c1-26(2)12-13-28-22(18-6-4-3-5-7-18)21(24(30)25(28)31)23(29)19-8-10-20(11-9-19)35(32,33)27-14-16-34-17-15-27/h3-11,22,29H,12-17H2,1-2H3/p+1. The van der Waals surface area contributed by atoms with Crippen molar-refractivity contribution in [2.75, 3.05) is 53.5 Å². The Morgan fingerprint density at radius 1 is 1.03 bits per heavy atom. The van der Waals surface area contributed by atoms with Crippen LogP contribution in [0.2, 0.25) is 0 Å². The zero-order valence-corrected chi connectivity index (χ0v) is 20.6. The summed E-state index contributed by atoms with van der Waals surface area (Å²) in [7, 11) is 0.221. The SMILES string of the molecule is C[NH+](C)CCN1C(=O)C(=O)C(=C(O)c2ccc(S(=O)(=O)N3CCOCC3)cc2)C1c1ccccc1. The van der Waals surface area contributed by atoms with Crippen molar-refractivity contribution in [3.8, 4) is 0 Å². The number of hydrogen-bond acceptors (Lipinski definition) is 6. The van der Waals surface area contributed by atoms with Gasteiger partial charge in [-0.3, -0.25) is 9.59 Å². The van der Waals surface area contributed by atoms with E-state index in [1.165, 1.54) is 33.5 Å². The average molecular weight is 501 g/mol. The number of nitrogens with one attached hydrogen (secondary N) is 1. The van der Waals surface area contributed by atoms with Gasteiger partial charge in [0.2, 0.25) is 10.0 Å². The number of hydrogen-bond donors (Lipinski definition) is 2. The number of carbonyl (C=O) groups is 2. The van der Waals surface area contributed by atoms with Crippen LogP contribution in [-0.4, -0.2) is 87.9 Å². The van der Waals surface area contributed by atoms with Gasteiger partial charge in [0.1, 0.15) is 5.76 Å². The summed E-state index contributed by atoms with van der Waals surface area (Å²) < 4.78 is 32.4. The fourth-order valence-corrected chi connectivity index (χ4v) is 5.72. The first-order valence-corrected chi connectivity index (χ1v) is 13.0. The van der Waals surface area contributed by atoms with E-state index in [4.69, 9.17) is 4.74 Å². The molecule has 2 fully saturated rings. The molecule has 2 aromatic carbocycles. The molecule has 0 spiro atoms. The van der Waals surface area contributed by atoms with Crippen molar-refractivity contribution in [1.29, 1.82) is 0 Å². The molecule has 1 amide bonds. The summed E-state index contributed by atoms with van der Waals surface area (Å²) in [5.74, 6) is -1.74. The van der Waals surface area contributed by atoms with Crippen LogP contribution in [0.25, 0.3) is 5.76 Å². The van der Waals surface area contributed by atoms with Gasteiger partial charge < -0.3 is 19.6 Å². The predicted octanol–water partition coefficient (Wildman–Crippen LogP) is 0.274. The molecule has 4 rings (SSSR count). The number of rotatable bonds is 7. The van der Waals surface area contributed by atoms with Gasteiger partial charge in [-0.25, -0.2) is 8.42 Å². The summed E-state index contributed by atoms with van der Waals surface area (Å²) in [6.45, 7) is 2.21. The number of benzene rings is 2. The molecule has 10 heteroatoms. The molecule has 2 aliphatic rings. The van der Waals surface area contributed by atoms with Crippen molar-refractivity contribution in [2.24, 2.45) is 0 Å². The second-order valence-electron chi connectivity index (χ2n) is 8.90. The Bertz CT molecular complexity index is 1220. The van der Waals surface area contributed by atoms with Gasteiger partial charge in [-0.05, 0) is 29.8 Å². The summed E-state index contributed by atoms with van der Waals surface area (Å²) in [5.41, 5.74) is 0.982. The van der Waals surface area contributed by atoms with E-state index in [-0.39, 0.29) is 34.9 Å². The minimum atomic E-state index is -3.70. The van der Waals surface area contributed by atoms with Gasteiger partial charge in [0.25, 0.3) is 11.7 Å². The van der Waals surface area contributed by atoms with E-state index in [9.17, 15) is 23.1 Å². The molecule has 2 aliphatic heterocycles. The molecule has 0 aliphatic carbocycles. The minimum Gasteiger partial charge on any atom is -0.507 e. The average Bonchev–Trinajstić information content (AvgIpc) is 3.13. The van der Waals surface area contributed by atoms with Crippen LogP contribution in [0, 0.1) is 0 Å². The topological polar surface area (TPSA) is 109 Å².